The Morgan fingerprint density at radius 2 is 0.813 bits per heavy atom. The third-order valence-electron chi connectivity index (χ3n) is 16.7. The van der Waals surface area contributed by atoms with Gasteiger partial charge in [0.25, 0.3) is 0 Å². The number of anilines is 5. The van der Waals surface area contributed by atoms with Crippen molar-refractivity contribution in [1.82, 2.24) is 0 Å². The Morgan fingerprint density at radius 3 is 1.48 bits per heavy atom. The molecule has 75 heavy (non-hydrogen) atoms. The van der Waals surface area contributed by atoms with E-state index in [1.165, 1.54) is 111 Å². The SMILES string of the molecule is CC1(C)c2cc(-c3cc(N4Cc5ccccc5-c5ccccc54)cc(N(c4ccc(-c5ccccc5)cc4)c4ccc(-c5ccccc5)cc4)c3)ccc2-c2cc3c(cc21)-c1c(-c2ccccc2)cccc1C3(C)C. The lowest BCUT2D eigenvalue weighted by atomic mass is 9.79. The normalized spacial score (nSPS) is 14.0. The van der Waals surface area contributed by atoms with Crippen molar-refractivity contribution in [1.29, 1.82) is 0 Å². The lowest BCUT2D eigenvalue weighted by molar-refractivity contribution is 0.652. The zero-order chi connectivity index (χ0) is 50.4. The zero-order valence-electron chi connectivity index (χ0n) is 42.9. The fourth-order valence-electron chi connectivity index (χ4n) is 12.8. The molecule has 0 N–H and O–H groups in total. The standard InChI is InChI=1S/C73H56N2/c1-72(2)66-29-18-28-61(52-23-12-7-13-24-52)71(66)65-46-68-64(45-69(65)72)62-40-35-53(43-67(62)73(68,3)4)55-41-58(74-47-54-25-14-15-26-60(54)63-27-16-17-30-70(63)74)44-59(42-55)75(56-36-31-50(32-37-56)48-19-8-5-9-20-48)57-38-33-51(34-39-57)49-21-10-6-11-22-49/h5-46H,47H2,1-4H3. The van der Waals surface area contributed by atoms with Gasteiger partial charge in [0.05, 0.1) is 0 Å². The summed E-state index contributed by atoms with van der Waals surface area (Å²) in [5, 5.41) is 0. The molecule has 0 bridgehead atoms. The van der Waals surface area contributed by atoms with Crippen LogP contribution in [0.25, 0.3) is 77.9 Å². The van der Waals surface area contributed by atoms with Crippen LogP contribution in [0.2, 0.25) is 0 Å². The van der Waals surface area contributed by atoms with Gasteiger partial charge in [0.2, 0.25) is 0 Å². The summed E-state index contributed by atoms with van der Waals surface area (Å²) in [6, 6.07) is 94.8. The third kappa shape index (κ3) is 7.30. The van der Waals surface area contributed by atoms with E-state index in [0.717, 1.165) is 29.3 Å². The van der Waals surface area contributed by atoms with Crippen molar-refractivity contribution in [3.05, 3.63) is 283 Å². The molecule has 2 heteroatoms. The minimum Gasteiger partial charge on any atom is -0.336 e. The minimum absolute atomic E-state index is 0.142. The summed E-state index contributed by atoms with van der Waals surface area (Å²) in [6.45, 7) is 10.4. The summed E-state index contributed by atoms with van der Waals surface area (Å²) in [6.07, 6.45) is 0. The average molecular weight is 961 g/mol. The second-order valence-corrected chi connectivity index (χ2v) is 21.7. The molecule has 3 aliphatic rings. The topological polar surface area (TPSA) is 6.48 Å². The lowest BCUT2D eigenvalue weighted by Gasteiger charge is -2.34. The zero-order valence-corrected chi connectivity index (χ0v) is 42.9. The predicted octanol–water partition coefficient (Wildman–Crippen LogP) is 19.8. The first-order chi connectivity index (χ1) is 36.7. The number of benzene rings is 11. The van der Waals surface area contributed by atoms with E-state index in [2.05, 4.69) is 292 Å². The molecule has 1 aliphatic heterocycles. The van der Waals surface area contributed by atoms with E-state index < -0.39 is 0 Å². The summed E-state index contributed by atoms with van der Waals surface area (Å²) < 4.78 is 0. The summed E-state index contributed by atoms with van der Waals surface area (Å²) in [5.41, 5.74) is 29.8. The lowest BCUT2D eigenvalue weighted by Crippen LogP contribution is -2.22. The largest absolute Gasteiger partial charge is 0.336 e. The van der Waals surface area contributed by atoms with Crippen molar-refractivity contribution in [3.63, 3.8) is 0 Å². The molecule has 0 saturated carbocycles. The van der Waals surface area contributed by atoms with E-state index in [-0.39, 0.29) is 10.8 Å². The van der Waals surface area contributed by atoms with Crippen LogP contribution in [0.5, 0.6) is 0 Å². The van der Waals surface area contributed by atoms with Crippen molar-refractivity contribution >= 4 is 28.4 Å². The Morgan fingerprint density at radius 1 is 0.307 bits per heavy atom. The van der Waals surface area contributed by atoms with Gasteiger partial charge >= 0.3 is 0 Å². The Balaban J connectivity index is 0.940. The molecule has 0 saturated heterocycles. The molecular weight excluding hydrogens is 905 g/mol. The van der Waals surface area contributed by atoms with Crippen molar-refractivity contribution in [2.75, 3.05) is 9.80 Å². The van der Waals surface area contributed by atoms with Crippen LogP contribution >= 0.6 is 0 Å². The molecule has 14 rings (SSSR count). The Hall–Kier alpha value is -8.98. The Labute approximate surface area is 441 Å². The van der Waals surface area contributed by atoms with Crippen molar-refractivity contribution < 1.29 is 0 Å². The molecule has 0 unspecified atom stereocenters. The quantitative estimate of drug-likeness (QED) is 0.150. The molecule has 0 spiro atoms. The van der Waals surface area contributed by atoms with Crippen LogP contribution in [0, 0.1) is 0 Å². The highest BCUT2D eigenvalue weighted by molar-refractivity contribution is 5.97. The molecule has 0 aromatic heterocycles. The molecule has 0 radical (unpaired) electrons. The third-order valence-corrected chi connectivity index (χ3v) is 16.7. The van der Waals surface area contributed by atoms with Crippen molar-refractivity contribution in [2.45, 2.75) is 45.1 Å². The van der Waals surface area contributed by atoms with Gasteiger partial charge in [-0.15, -0.1) is 0 Å². The molecule has 2 aliphatic carbocycles. The highest BCUT2D eigenvalue weighted by Crippen LogP contribution is 2.58. The molecule has 358 valence electrons. The van der Waals surface area contributed by atoms with Gasteiger partial charge in [-0.1, -0.05) is 216 Å². The molecule has 1 heterocycles. The number of fused-ring (bicyclic) bond motifs is 9. The first-order valence-corrected chi connectivity index (χ1v) is 26.4. The molecule has 2 nitrogen and oxygen atoms in total. The molecule has 0 fully saturated rings. The van der Waals surface area contributed by atoms with Gasteiger partial charge in [-0.05, 0) is 167 Å². The number of nitrogens with zero attached hydrogens (tertiary/aromatic N) is 2. The van der Waals surface area contributed by atoms with E-state index in [9.17, 15) is 0 Å². The predicted molar refractivity (Wildman–Crippen MR) is 316 cm³/mol. The first kappa shape index (κ1) is 44.7. The van der Waals surface area contributed by atoms with E-state index >= 15 is 0 Å². The van der Waals surface area contributed by atoms with Gasteiger partial charge in [-0.3, -0.25) is 0 Å². The van der Waals surface area contributed by atoms with Crippen LogP contribution in [0.15, 0.2) is 255 Å². The second-order valence-electron chi connectivity index (χ2n) is 21.7. The molecular formula is C73H56N2. The van der Waals surface area contributed by atoms with Crippen LogP contribution in [0.1, 0.15) is 55.5 Å². The number of para-hydroxylation sites is 1. The smallest absolute Gasteiger partial charge is 0.0493 e. The maximum Gasteiger partial charge on any atom is 0.0493 e. The summed E-state index contributed by atoms with van der Waals surface area (Å²) >= 11 is 0. The van der Waals surface area contributed by atoms with Crippen molar-refractivity contribution in [2.24, 2.45) is 0 Å². The van der Waals surface area contributed by atoms with Crippen molar-refractivity contribution in [3.8, 4) is 77.9 Å². The maximum absolute atomic E-state index is 2.55. The Bertz CT molecular complexity index is 3920. The van der Waals surface area contributed by atoms with Gasteiger partial charge in [-0.2, -0.15) is 0 Å². The Kier molecular flexibility index (Phi) is 10.3. The van der Waals surface area contributed by atoms with E-state index in [1.807, 2.05) is 0 Å². The molecule has 11 aromatic rings. The molecule has 11 aromatic carbocycles. The van der Waals surface area contributed by atoms with Crippen LogP contribution in [0.4, 0.5) is 28.4 Å². The van der Waals surface area contributed by atoms with Gasteiger partial charge in [0.1, 0.15) is 0 Å². The van der Waals surface area contributed by atoms with E-state index in [4.69, 9.17) is 0 Å². The molecule has 0 amide bonds. The van der Waals surface area contributed by atoms with Gasteiger partial charge < -0.3 is 9.80 Å². The number of rotatable bonds is 8. The fraction of sp³-hybridized carbons (Fsp3) is 0.0959. The van der Waals surface area contributed by atoms with Crippen LogP contribution in [-0.2, 0) is 17.4 Å². The van der Waals surface area contributed by atoms with Gasteiger partial charge in [0, 0.05) is 51.4 Å². The fourth-order valence-corrected chi connectivity index (χ4v) is 12.8. The van der Waals surface area contributed by atoms with E-state index in [0.29, 0.717) is 0 Å². The first-order valence-electron chi connectivity index (χ1n) is 26.4. The van der Waals surface area contributed by atoms with Gasteiger partial charge in [-0.25, -0.2) is 0 Å². The minimum atomic E-state index is -0.243. The average Bonchev–Trinajstić information content (AvgIpc) is 3.91. The van der Waals surface area contributed by atoms with Crippen LogP contribution in [-0.4, -0.2) is 0 Å². The van der Waals surface area contributed by atoms with Crippen LogP contribution < -0.4 is 9.80 Å². The monoisotopic (exact) mass is 960 g/mol. The summed E-state index contributed by atoms with van der Waals surface area (Å²) in [5.74, 6) is 0. The number of hydrogen-bond acceptors (Lipinski definition) is 2. The number of hydrogen-bond donors (Lipinski definition) is 0. The highest BCUT2D eigenvalue weighted by atomic mass is 15.2. The second kappa shape index (κ2) is 17.3. The van der Waals surface area contributed by atoms with E-state index in [1.54, 1.807) is 0 Å². The highest BCUT2D eigenvalue weighted by Gasteiger charge is 2.42. The summed E-state index contributed by atoms with van der Waals surface area (Å²) in [4.78, 5) is 4.97. The summed E-state index contributed by atoms with van der Waals surface area (Å²) in [7, 11) is 0. The van der Waals surface area contributed by atoms with Gasteiger partial charge in [0.15, 0.2) is 0 Å². The molecule has 0 atom stereocenters. The maximum atomic E-state index is 2.55. The van der Waals surface area contributed by atoms with Crippen LogP contribution in [0.3, 0.4) is 0 Å².